The molecule has 1 unspecified atom stereocenters. The highest BCUT2D eigenvalue weighted by atomic mass is 32.2. The molecule has 2 aliphatic rings. The second-order valence-electron chi connectivity index (χ2n) is 7.22. The van der Waals surface area contributed by atoms with Gasteiger partial charge in [0.1, 0.15) is 0 Å². The highest BCUT2D eigenvalue weighted by molar-refractivity contribution is 7.91. The molecule has 0 bridgehead atoms. The molecule has 1 aromatic rings. The lowest BCUT2D eigenvalue weighted by molar-refractivity contribution is -0.126. The Morgan fingerprint density at radius 1 is 1.15 bits per heavy atom. The number of carbonyl (C=O) groups excluding carboxylic acids is 1. The number of piperazine rings is 1. The Bertz CT molecular complexity index is 759. The van der Waals surface area contributed by atoms with Crippen molar-refractivity contribution in [3.05, 3.63) is 29.8 Å². The van der Waals surface area contributed by atoms with E-state index in [1.807, 2.05) is 6.92 Å². The minimum Gasteiger partial charge on any atom is -0.352 e. The van der Waals surface area contributed by atoms with Crippen molar-refractivity contribution in [2.75, 3.05) is 26.2 Å². The predicted octanol–water partition coefficient (Wildman–Crippen LogP) is 1.47. The summed E-state index contributed by atoms with van der Waals surface area (Å²) in [5.74, 6) is -3.32. The number of sulfone groups is 1. The summed E-state index contributed by atoms with van der Waals surface area (Å²) < 4.78 is 48.1. The summed E-state index contributed by atoms with van der Waals surface area (Å²) in [5, 5.41) is 3.03. The quantitative estimate of drug-likeness (QED) is 0.749. The van der Waals surface area contributed by atoms with Gasteiger partial charge in [-0.05, 0) is 37.5 Å². The van der Waals surface area contributed by atoms with Crippen molar-refractivity contribution in [3.63, 3.8) is 0 Å². The molecule has 1 saturated carbocycles. The first kappa shape index (κ1) is 20.2. The van der Waals surface area contributed by atoms with Gasteiger partial charge in [-0.1, -0.05) is 12.1 Å². The lowest BCUT2D eigenvalue weighted by Crippen LogP contribution is -2.53. The van der Waals surface area contributed by atoms with Crippen LogP contribution in [0.15, 0.2) is 29.2 Å². The number of benzene rings is 1. The SMILES string of the molecule is CC(C(=O)NC1CC1)N1CCN(Cc2ccc(S(=O)(=O)C(F)F)cc2)CC1. The van der Waals surface area contributed by atoms with Gasteiger partial charge in [-0.3, -0.25) is 14.6 Å². The first-order valence-electron chi connectivity index (χ1n) is 9.15. The molecule has 2 fully saturated rings. The zero-order valence-electron chi connectivity index (χ0n) is 15.3. The van der Waals surface area contributed by atoms with Crippen LogP contribution in [0.25, 0.3) is 0 Å². The number of alkyl halides is 2. The Morgan fingerprint density at radius 3 is 2.26 bits per heavy atom. The van der Waals surface area contributed by atoms with Gasteiger partial charge in [0.2, 0.25) is 15.7 Å². The van der Waals surface area contributed by atoms with E-state index < -0.39 is 15.6 Å². The van der Waals surface area contributed by atoms with E-state index in [9.17, 15) is 22.0 Å². The Kier molecular flexibility index (Phi) is 6.12. The zero-order chi connectivity index (χ0) is 19.6. The molecular formula is C18H25F2N3O3S. The van der Waals surface area contributed by atoms with Crippen LogP contribution in [0.1, 0.15) is 25.3 Å². The second kappa shape index (κ2) is 8.20. The normalized spacial score (nSPS) is 20.6. The van der Waals surface area contributed by atoms with Crippen molar-refractivity contribution in [1.82, 2.24) is 15.1 Å². The number of nitrogens with zero attached hydrogens (tertiary/aromatic N) is 2. The van der Waals surface area contributed by atoms with Crippen LogP contribution in [-0.4, -0.2) is 68.1 Å². The molecule has 0 aromatic heterocycles. The molecule has 1 amide bonds. The molecule has 1 heterocycles. The first-order valence-corrected chi connectivity index (χ1v) is 10.7. The molecule has 150 valence electrons. The van der Waals surface area contributed by atoms with Crippen molar-refractivity contribution < 1.29 is 22.0 Å². The highest BCUT2D eigenvalue weighted by Crippen LogP contribution is 2.21. The van der Waals surface area contributed by atoms with Gasteiger partial charge < -0.3 is 5.32 Å². The number of rotatable bonds is 7. The van der Waals surface area contributed by atoms with Gasteiger partial charge in [-0.15, -0.1) is 0 Å². The molecule has 3 rings (SSSR count). The van der Waals surface area contributed by atoms with Crippen LogP contribution < -0.4 is 5.32 Å². The molecule has 1 aromatic carbocycles. The number of nitrogens with one attached hydrogen (secondary N) is 1. The lowest BCUT2D eigenvalue weighted by Gasteiger charge is -2.37. The summed E-state index contributed by atoms with van der Waals surface area (Å²) in [6.45, 7) is 5.67. The molecular weight excluding hydrogens is 376 g/mol. The number of amides is 1. The van der Waals surface area contributed by atoms with Gasteiger partial charge in [0.25, 0.3) is 0 Å². The first-order chi connectivity index (χ1) is 12.8. The topological polar surface area (TPSA) is 69.7 Å². The fraction of sp³-hybridized carbons (Fsp3) is 0.611. The number of halogens is 2. The molecule has 6 nitrogen and oxygen atoms in total. The van der Waals surface area contributed by atoms with Crippen LogP contribution in [0.5, 0.6) is 0 Å². The summed E-state index contributed by atoms with van der Waals surface area (Å²) >= 11 is 0. The maximum absolute atomic E-state index is 12.6. The molecule has 9 heteroatoms. The summed E-state index contributed by atoms with van der Waals surface area (Å²) in [4.78, 5) is 16.2. The van der Waals surface area contributed by atoms with E-state index in [1.165, 1.54) is 12.1 Å². The van der Waals surface area contributed by atoms with Crippen molar-refractivity contribution >= 4 is 15.7 Å². The molecule has 1 N–H and O–H groups in total. The monoisotopic (exact) mass is 401 g/mol. The molecule has 1 saturated heterocycles. The van der Waals surface area contributed by atoms with Crippen LogP contribution in [0, 0.1) is 0 Å². The summed E-state index contributed by atoms with van der Waals surface area (Å²) in [6.07, 6.45) is 2.15. The van der Waals surface area contributed by atoms with E-state index >= 15 is 0 Å². The van der Waals surface area contributed by atoms with E-state index in [1.54, 1.807) is 12.1 Å². The van der Waals surface area contributed by atoms with Crippen LogP contribution in [0.2, 0.25) is 0 Å². The van der Waals surface area contributed by atoms with Crippen LogP contribution >= 0.6 is 0 Å². The average Bonchev–Trinajstić information content (AvgIpc) is 3.46. The summed E-state index contributed by atoms with van der Waals surface area (Å²) in [6, 6.07) is 5.83. The number of hydrogen-bond donors (Lipinski definition) is 1. The Morgan fingerprint density at radius 2 is 1.74 bits per heavy atom. The Hall–Kier alpha value is -1.58. The predicted molar refractivity (Wildman–Crippen MR) is 97.1 cm³/mol. The highest BCUT2D eigenvalue weighted by Gasteiger charge is 2.30. The smallest absolute Gasteiger partial charge is 0.341 e. The van der Waals surface area contributed by atoms with E-state index in [4.69, 9.17) is 0 Å². The fourth-order valence-electron chi connectivity index (χ4n) is 3.17. The minimum atomic E-state index is -4.55. The van der Waals surface area contributed by atoms with Gasteiger partial charge in [0, 0.05) is 38.8 Å². The third-order valence-corrected chi connectivity index (χ3v) is 6.55. The molecule has 1 aliphatic heterocycles. The van der Waals surface area contributed by atoms with E-state index in [0.29, 0.717) is 12.6 Å². The van der Waals surface area contributed by atoms with Gasteiger partial charge >= 0.3 is 5.76 Å². The largest absolute Gasteiger partial charge is 0.352 e. The van der Waals surface area contributed by atoms with Crippen LogP contribution in [0.4, 0.5) is 8.78 Å². The number of hydrogen-bond acceptors (Lipinski definition) is 5. The van der Waals surface area contributed by atoms with E-state index in [-0.39, 0.29) is 16.8 Å². The molecule has 1 aliphatic carbocycles. The van der Waals surface area contributed by atoms with Crippen molar-refractivity contribution in [2.24, 2.45) is 0 Å². The van der Waals surface area contributed by atoms with Crippen molar-refractivity contribution in [3.8, 4) is 0 Å². The standard InChI is InChI=1S/C18H25F2N3O3S/c1-13(17(24)21-15-4-5-15)23-10-8-22(9-11-23)12-14-2-6-16(7-3-14)27(25,26)18(19)20/h2-3,6-7,13,15,18H,4-5,8-12H2,1H3,(H,21,24). The maximum atomic E-state index is 12.6. The summed E-state index contributed by atoms with van der Waals surface area (Å²) in [7, 11) is -4.55. The molecule has 0 radical (unpaired) electrons. The zero-order valence-corrected chi connectivity index (χ0v) is 16.1. The third kappa shape index (κ3) is 5.03. The Labute approximate surface area is 158 Å². The van der Waals surface area contributed by atoms with Crippen LogP contribution in [-0.2, 0) is 21.2 Å². The second-order valence-corrected chi connectivity index (χ2v) is 9.14. The van der Waals surface area contributed by atoms with Gasteiger partial charge in [0.15, 0.2) is 0 Å². The average molecular weight is 401 g/mol. The van der Waals surface area contributed by atoms with E-state index in [2.05, 4.69) is 15.1 Å². The van der Waals surface area contributed by atoms with Crippen molar-refractivity contribution in [1.29, 1.82) is 0 Å². The minimum absolute atomic E-state index is 0.0850. The number of carbonyl (C=O) groups is 1. The van der Waals surface area contributed by atoms with E-state index in [0.717, 1.165) is 44.6 Å². The van der Waals surface area contributed by atoms with Gasteiger partial charge in [-0.25, -0.2) is 8.42 Å². The van der Waals surface area contributed by atoms with Crippen molar-refractivity contribution in [2.45, 2.75) is 49.0 Å². The summed E-state index contributed by atoms with van der Waals surface area (Å²) in [5.41, 5.74) is 0.871. The third-order valence-electron chi connectivity index (χ3n) is 5.15. The van der Waals surface area contributed by atoms with Crippen LogP contribution in [0.3, 0.4) is 0 Å². The van der Waals surface area contributed by atoms with Gasteiger partial charge in [0.05, 0.1) is 10.9 Å². The maximum Gasteiger partial charge on any atom is 0.341 e. The molecule has 1 atom stereocenters. The fourth-order valence-corrected chi connectivity index (χ4v) is 3.89. The molecule has 0 spiro atoms. The lowest BCUT2D eigenvalue weighted by atomic mass is 10.1. The molecule has 27 heavy (non-hydrogen) atoms. The Balaban J connectivity index is 1.49. The van der Waals surface area contributed by atoms with Gasteiger partial charge in [-0.2, -0.15) is 8.78 Å².